The van der Waals surface area contributed by atoms with Gasteiger partial charge in [0.1, 0.15) is 37.5 Å². The van der Waals surface area contributed by atoms with E-state index in [0.29, 0.717) is 76.5 Å². The second-order valence-electron chi connectivity index (χ2n) is 20.5. The zero-order chi connectivity index (χ0) is 48.9. The SMILES string of the molecule is CCCCC(CC)COCC1(COCC(CC)CCCC)COc2csc(-c3ccc(-c4scc5c4OCC(COCC(CC)CCCC)(COCC(CC)CCCC)CO5)c4nsnc34)c2OC1. The predicted molar refractivity (Wildman–Crippen MR) is 287 cm³/mol. The number of hydrogen-bond acceptors (Lipinski definition) is 13. The van der Waals surface area contributed by atoms with Crippen LogP contribution in [-0.4, -0.2) is 88.0 Å². The minimum Gasteiger partial charge on any atom is -0.488 e. The second kappa shape index (κ2) is 29.2. The Labute approximate surface area is 428 Å². The molecule has 0 saturated carbocycles. The Balaban J connectivity index is 1.20. The Bertz CT molecular complexity index is 1870. The first-order valence-corrected chi connectivity index (χ1v) is 29.6. The molecule has 4 unspecified atom stereocenters. The number of thiophene rings is 2. The lowest BCUT2D eigenvalue weighted by atomic mass is 9.91. The molecule has 10 nitrogen and oxygen atoms in total. The fourth-order valence-corrected chi connectivity index (χ4v) is 12.0. The average Bonchev–Trinajstić information content (AvgIpc) is 4.08. The van der Waals surface area contributed by atoms with E-state index in [2.05, 4.69) is 78.3 Å². The Morgan fingerprint density at radius 1 is 0.478 bits per heavy atom. The van der Waals surface area contributed by atoms with Gasteiger partial charge in [-0.25, -0.2) is 0 Å². The molecule has 0 N–H and O–H groups in total. The van der Waals surface area contributed by atoms with Crippen LogP contribution in [0, 0.1) is 34.5 Å². The molecule has 69 heavy (non-hydrogen) atoms. The molecule has 0 saturated heterocycles. The van der Waals surface area contributed by atoms with Gasteiger partial charge in [0.15, 0.2) is 23.0 Å². The van der Waals surface area contributed by atoms with Crippen LogP contribution in [0.1, 0.15) is 158 Å². The van der Waals surface area contributed by atoms with Gasteiger partial charge in [0.25, 0.3) is 0 Å². The van der Waals surface area contributed by atoms with Crippen molar-refractivity contribution in [3.8, 4) is 43.9 Å². The maximum atomic E-state index is 6.88. The van der Waals surface area contributed by atoms with Gasteiger partial charge in [-0.3, -0.25) is 0 Å². The molecule has 0 radical (unpaired) electrons. The topological polar surface area (TPSA) is 99.6 Å². The van der Waals surface area contributed by atoms with Gasteiger partial charge in [-0.15, -0.1) is 22.7 Å². The van der Waals surface area contributed by atoms with E-state index in [9.17, 15) is 0 Å². The first-order valence-electron chi connectivity index (χ1n) is 27.1. The summed E-state index contributed by atoms with van der Waals surface area (Å²) in [7, 11) is 0. The van der Waals surface area contributed by atoms with Crippen LogP contribution in [0.25, 0.3) is 31.9 Å². The number of rotatable bonds is 34. The standard InChI is InChI=1S/C56H88N2O8S3/c1-9-17-21-41(13-5)27-59-33-55(34-60-28-42(14-6)22-18-10-2)37-63-47-31-67-53(51(47)65-39-55)45-25-26-46(50-49(45)57-69-58-50)54-52-48(32-68-54)64-38-56(40-66-52,35-61-29-43(15-7)23-19-11-3)36-62-30-44(16-8)24-20-12-4/h25-26,31-32,41-44H,9-24,27-30,33-40H2,1-8H3. The molecule has 6 rings (SSSR count). The molecule has 3 aromatic heterocycles. The summed E-state index contributed by atoms with van der Waals surface area (Å²) in [6.45, 7) is 25.0. The Morgan fingerprint density at radius 2 is 0.797 bits per heavy atom. The molecule has 0 aliphatic carbocycles. The summed E-state index contributed by atoms with van der Waals surface area (Å²) in [5.74, 6) is 5.20. The van der Waals surface area contributed by atoms with Crippen molar-refractivity contribution in [2.24, 2.45) is 34.5 Å². The van der Waals surface area contributed by atoms with Crippen LogP contribution in [0.4, 0.5) is 0 Å². The van der Waals surface area contributed by atoms with Crippen molar-refractivity contribution in [2.45, 2.75) is 158 Å². The van der Waals surface area contributed by atoms with E-state index in [1.165, 1.54) is 88.8 Å². The quantitative estimate of drug-likeness (QED) is 0.0450. The third kappa shape index (κ3) is 15.5. The third-order valence-electron chi connectivity index (χ3n) is 14.7. The number of nitrogens with zero attached hydrogens (tertiary/aromatic N) is 2. The molecule has 0 bridgehead atoms. The van der Waals surface area contributed by atoms with Gasteiger partial charge >= 0.3 is 0 Å². The third-order valence-corrected chi connectivity index (χ3v) is 17.1. The highest BCUT2D eigenvalue weighted by molar-refractivity contribution is 7.15. The van der Waals surface area contributed by atoms with Crippen LogP contribution in [0.15, 0.2) is 22.9 Å². The van der Waals surface area contributed by atoms with Crippen LogP contribution in [-0.2, 0) is 18.9 Å². The number of hydrogen-bond donors (Lipinski definition) is 0. The number of aromatic nitrogens is 2. The first-order chi connectivity index (χ1) is 33.8. The van der Waals surface area contributed by atoms with Gasteiger partial charge in [0, 0.05) is 48.3 Å². The summed E-state index contributed by atoms with van der Waals surface area (Å²) >= 11 is 4.48. The highest BCUT2D eigenvalue weighted by Crippen LogP contribution is 2.52. The van der Waals surface area contributed by atoms with Crippen LogP contribution >= 0.6 is 34.4 Å². The monoisotopic (exact) mass is 1010 g/mol. The van der Waals surface area contributed by atoms with E-state index in [4.69, 9.17) is 46.6 Å². The summed E-state index contributed by atoms with van der Waals surface area (Å²) in [6, 6.07) is 4.31. The lowest BCUT2D eigenvalue weighted by Gasteiger charge is -2.32. The molecular formula is C56H88N2O8S3. The van der Waals surface area contributed by atoms with Crippen LogP contribution in [0.3, 0.4) is 0 Å². The van der Waals surface area contributed by atoms with Gasteiger partial charge in [-0.05, 0) is 49.4 Å². The smallest absolute Gasteiger partial charge is 0.179 e. The Hall–Kier alpha value is -2.52. The van der Waals surface area contributed by atoms with Gasteiger partial charge < -0.3 is 37.9 Å². The Morgan fingerprint density at radius 3 is 1.10 bits per heavy atom. The fourth-order valence-electron chi connectivity index (χ4n) is 9.51. The molecule has 13 heteroatoms. The van der Waals surface area contributed by atoms with E-state index < -0.39 is 10.8 Å². The van der Waals surface area contributed by atoms with Crippen LogP contribution < -0.4 is 18.9 Å². The van der Waals surface area contributed by atoms with Crippen molar-refractivity contribution in [1.82, 2.24) is 8.75 Å². The van der Waals surface area contributed by atoms with E-state index in [-0.39, 0.29) is 0 Å². The van der Waals surface area contributed by atoms with Gasteiger partial charge in [0.2, 0.25) is 0 Å². The van der Waals surface area contributed by atoms with Crippen molar-refractivity contribution in [3.05, 3.63) is 22.9 Å². The normalized spacial score (nSPS) is 19.9. The summed E-state index contributed by atoms with van der Waals surface area (Å²) in [5, 5.41) is 4.14. The van der Waals surface area contributed by atoms with Crippen molar-refractivity contribution in [1.29, 1.82) is 0 Å². The number of benzene rings is 1. The summed E-state index contributed by atoms with van der Waals surface area (Å²) in [5.41, 5.74) is 2.71. The molecule has 388 valence electrons. The molecule has 0 amide bonds. The zero-order valence-corrected chi connectivity index (χ0v) is 46.3. The van der Waals surface area contributed by atoms with Gasteiger partial charge in [-0.1, -0.05) is 145 Å². The highest BCUT2D eigenvalue weighted by atomic mass is 32.1. The lowest BCUT2D eigenvalue weighted by molar-refractivity contribution is -0.0715. The largest absolute Gasteiger partial charge is 0.488 e. The van der Waals surface area contributed by atoms with Crippen LogP contribution in [0.5, 0.6) is 23.0 Å². The van der Waals surface area contributed by atoms with E-state index in [1.54, 1.807) is 22.7 Å². The number of ether oxygens (including phenoxy) is 8. The zero-order valence-electron chi connectivity index (χ0n) is 43.8. The summed E-state index contributed by atoms with van der Waals surface area (Å²) < 4.78 is 63.3. The second-order valence-corrected chi connectivity index (χ2v) is 22.8. The van der Waals surface area contributed by atoms with Crippen molar-refractivity contribution < 1.29 is 37.9 Å². The number of fused-ring (bicyclic) bond motifs is 3. The Kier molecular flexibility index (Phi) is 23.6. The average molecular weight is 1010 g/mol. The number of unbranched alkanes of at least 4 members (excludes halogenated alkanes) is 4. The molecule has 0 fully saturated rings. The molecule has 1 aromatic carbocycles. The molecule has 2 aliphatic heterocycles. The predicted octanol–water partition coefficient (Wildman–Crippen LogP) is 15.6. The maximum Gasteiger partial charge on any atom is 0.179 e. The minimum atomic E-state index is -0.449. The van der Waals surface area contributed by atoms with Gasteiger partial charge in [-0.2, -0.15) is 8.75 Å². The van der Waals surface area contributed by atoms with E-state index in [1.807, 2.05) is 0 Å². The summed E-state index contributed by atoms with van der Waals surface area (Å²) in [4.78, 5) is 1.97. The minimum absolute atomic E-state index is 0.435. The van der Waals surface area contributed by atoms with E-state index >= 15 is 0 Å². The van der Waals surface area contributed by atoms with E-state index in [0.717, 1.165) is 107 Å². The summed E-state index contributed by atoms with van der Waals surface area (Å²) in [6.07, 6.45) is 18.9. The fraction of sp³-hybridized carbons (Fsp3) is 0.750. The molecule has 4 aromatic rings. The van der Waals surface area contributed by atoms with Crippen molar-refractivity contribution in [3.63, 3.8) is 0 Å². The molecule has 5 heterocycles. The highest BCUT2D eigenvalue weighted by Gasteiger charge is 2.40. The first kappa shape index (κ1) is 55.8. The van der Waals surface area contributed by atoms with Crippen molar-refractivity contribution >= 4 is 45.4 Å². The molecule has 4 atom stereocenters. The van der Waals surface area contributed by atoms with Crippen LogP contribution in [0.2, 0.25) is 0 Å². The maximum absolute atomic E-state index is 6.88. The lowest BCUT2D eigenvalue weighted by Crippen LogP contribution is -2.43. The molecular weight excluding hydrogens is 925 g/mol. The van der Waals surface area contributed by atoms with Crippen molar-refractivity contribution in [2.75, 3.05) is 79.3 Å². The molecule has 0 spiro atoms. The molecule has 2 aliphatic rings. The van der Waals surface area contributed by atoms with Gasteiger partial charge in [0.05, 0.1) is 58.7 Å².